The molecule has 0 amide bonds. The van der Waals surface area contributed by atoms with Crippen molar-refractivity contribution < 1.29 is 0 Å². The van der Waals surface area contributed by atoms with Crippen LogP contribution in [0.15, 0.2) is 12.3 Å². The summed E-state index contributed by atoms with van der Waals surface area (Å²) in [4.78, 5) is 0. The smallest absolute Gasteiger partial charge is 0.0638 e. The molecule has 0 atom stereocenters. The van der Waals surface area contributed by atoms with Crippen molar-refractivity contribution in [3.05, 3.63) is 34.9 Å². The second-order valence-corrected chi connectivity index (χ2v) is 5.09. The van der Waals surface area contributed by atoms with Gasteiger partial charge in [-0.05, 0) is 39.8 Å². The van der Waals surface area contributed by atoms with Gasteiger partial charge in [0, 0.05) is 37.6 Å². The molecule has 1 N–H and O–H groups in total. The highest BCUT2D eigenvalue weighted by molar-refractivity contribution is 5.14. The Morgan fingerprint density at radius 2 is 2.00 bits per heavy atom. The Labute approximate surface area is 114 Å². The Bertz CT molecular complexity index is 490. The zero-order valence-electron chi connectivity index (χ0n) is 12.3. The van der Waals surface area contributed by atoms with Crippen LogP contribution in [0.3, 0.4) is 0 Å². The maximum Gasteiger partial charge on any atom is 0.0638 e. The third-order valence-corrected chi connectivity index (χ3v) is 3.26. The van der Waals surface area contributed by atoms with Crippen molar-refractivity contribution in [1.29, 1.82) is 0 Å². The predicted molar refractivity (Wildman–Crippen MR) is 76.0 cm³/mol. The van der Waals surface area contributed by atoms with E-state index in [1.807, 2.05) is 25.6 Å². The van der Waals surface area contributed by atoms with Gasteiger partial charge in [0.2, 0.25) is 0 Å². The first kappa shape index (κ1) is 13.8. The number of aromatic nitrogens is 4. The zero-order chi connectivity index (χ0) is 13.8. The van der Waals surface area contributed by atoms with E-state index in [1.165, 1.54) is 11.3 Å². The molecule has 0 spiro atoms. The van der Waals surface area contributed by atoms with E-state index in [2.05, 4.69) is 39.4 Å². The van der Waals surface area contributed by atoms with Crippen molar-refractivity contribution in [2.75, 3.05) is 6.54 Å². The van der Waals surface area contributed by atoms with Gasteiger partial charge < -0.3 is 5.32 Å². The molecule has 0 fully saturated rings. The average Bonchev–Trinajstić information content (AvgIpc) is 2.81. The third-order valence-electron chi connectivity index (χ3n) is 3.26. The molecule has 2 aromatic rings. The second kappa shape index (κ2) is 6.02. The fourth-order valence-electron chi connectivity index (χ4n) is 2.30. The average molecular weight is 261 g/mol. The van der Waals surface area contributed by atoms with Gasteiger partial charge in [0.05, 0.1) is 11.4 Å². The quantitative estimate of drug-likeness (QED) is 0.806. The van der Waals surface area contributed by atoms with Crippen LogP contribution in [0.2, 0.25) is 0 Å². The number of nitrogens with zero attached hydrogens (tertiary/aromatic N) is 4. The maximum absolute atomic E-state index is 4.46. The molecule has 2 aromatic heterocycles. The van der Waals surface area contributed by atoms with Gasteiger partial charge in [-0.1, -0.05) is 0 Å². The van der Waals surface area contributed by atoms with Crippen LogP contribution in [0.1, 0.15) is 29.1 Å². The Morgan fingerprint density at radius 3 is 2.58 bits per heavy atom. The van der Waals surface area contributed by atoms with Gasteiger partial charge in [-0.2, -0.15) is 10.2 Å². The minimum absolute atomic E-state index is 0.886. The number of hydrogen-bond donors (Lipinski definition) is 1. The van der Waals surface area contributed by atoms with Crippen LogP contribution in [0.25, 0.3) is 0 Å². The summed E-state index contributed by atoms with van der Waals surface area (Å²) in [6.45, 7) is 9.04. The summed E-state index contributed by atoms with van der Waals surface area (Å²) in [5.74, 6) is 0. The highest BCUT2D eigenvalue weighted by Crippen LogP contribution is 2.04. The Morgan fingerprint density at radius 1 is 1.21 bits per heavy atom. The first-order valence-electron chi connectivity index (χ1n) is 6.77. The lowest BCUT2D eigenvalue weighted by Crippen LogP contribution is -2.17. The standard InChI is InChI=1S/C14H23N5/c1-11-8-12(2)19(16-11)7-5-6-15-9-14-10-18(4)17-13(14)3/h8,10,15H,5-7,9H2,1-4H3. The second-order valence-electron chi connectivity index (χ2n) is 5.09. The highest BCUT2D eigenvalue weighted by Gasteiger charge is 2.03. The van der Waals surface area contributed by atoms with Crippen molar-refractivity contribution in [3.63, 3.8) is 0 Å². The van der Waals surface area contributed by atoms with E-state index in [1.54, 1.807) is 0 Å². The Balaban J connectivity index is 1.70. The molecule has 0 aliphatic heterocycles. The minimum atomic E-state index is 0.886. The van der Waals surface area contributed by atoms with Crippen molar-refractivity contribution in [2.45, 2.75) is 40.3 Å². The van der Waals surface area contributed by atoms with Crippen LogP contribution in [0.5, 0.6) is 0 Å². The largest absolute Gasteiger partial charge is 0.312 e. The number of aryl methyl sites for hydroxylation is 5. The summed E-state index contributed by atoms with van der Waals surface area (Å²) in [5, 5.41) is 12.3. The van der Waals surface area contributed by atoms with E-state index in [0.717, 1.165) is 37.4 Å². The topological polar surface area (TPSA) is 47.7 Å². The number of rotatable bonds is 6. The molecule has 0 saturated heterocycles. The highest BCUT2D eigenvalue weighted by atomic mass is 15.3. The maximum atomic E-state index is 4.46. The number of hydrogen-bond acceptors (Lipinski definition) is 3. The Kier molecular flexibility index (Phi) is 4.37. The molecule has 19 heavy (non-hydrogen) atoms. The fraction of sp³-hybridized carbons (Fsp3) is 0.571. The molecule has 0 aliphatic rings. The van der Waals surface area contributed by atoms with Crippen LogP contribution in [0.4, 0.5) is 0 Å². The van der Waals surface area contributed by atoms with Gasteiger partial charge in [-0.25, -0.2) is 0 Å². The van der Waals surface area contributed by atoms with E-state index in [9.17, 15) is 0 Å². The van der Waals surface area contributed by atoms with Gasteiger partial charge in [-0.3, -0.25) is 9.36 Å². The summed E-state index contributed by atoms with van der Waals surface area (Å²) in [6.07, 6.45) is 3.16. The van der Waals surface area contributed by atoms with Crippen molar-refractivity contribution >= 4 is 0 Å². The van der Waals surface area contributed by atoms with Crippen molar-refractivity contribution in [2.24, 2.45) is 7.05 Å². The molecule has 0 unspecified atom stereocenters. The van der Waals surface area contributed by atoms with E-state index >= 15 is 0 Å². The lowest BCUT2D eigenvalue weighted by atomic mass is 10.2. The van der Waals surface area contributed by atoms with Crippen LogP contribution in [-0.4, -0.2) is 26.1 Å². The third kappa shape index (κ3) is 3.67. The lowest BCUT2D eigenvalue weighted by molar-refractivity contribution is 0.531. The molecular weight excluding hydrogens is 238 g/mol. The molecule has 2 heterocycles. The SMILES string of the molecule is Cc1cc(C)n(CCCNCc2cn(C)nc2C)n1. The van der Waals surface area contributed by atoms with Crippen molar-refractivity contribution in [3.8, 4) is 0 Å². The van der Waals surface area contributed by atoms with Crippen LogP contribution >= 0.6 is 0 Å². The monoisotopic (exact) mass is 261 g/mol. The summed E-state index contributed by atoms with van der Waals surface area (Å²) >= 11 is 0. The van der Waals surface area contributed by atoms with E-state index in [4.69, 9.17) is 0 Å². The van der Waals surface area contributed by atoms with E-state index in [-0.39, 0.29) is 0 Å². The van der Waals surface area contributed by atoms with Gasteiger partial charge in [-0.15, -0.1) is 0 Å². The molecule has 0 bridgehead atoms. The first-order chi connectivity index (χ1) is 9.06. The van der Waals surface area contributed by atoms with Gasteiger partial charge >= 0.3 is 0 Å². The molecule has 0 aliphatic carbocycles. The molecule has 104 valence electrons. The minimum Gasteiger partial charge on any atom is -0.312 e. The number of nitrogens with one attached hydrogen (secondary N) is 1. The molecular formula is C14H23N5. The molecule has 5 nitrogen and oxygen atoms in total. The lowest BCUT2D eigenvalue weighted by Gasteiger charge is -2.06. The van der Waals surface area contributed by atoms with E-state index in [0.29, 0.717) is 0 Å². The van der Waals surface area contributed by atoms with Crippen molar-refractivity contribution in [1.82, 2.24) is 24.9 Å². The summed E-state index contributed by atoms with van der Waals surface area (Å²) in [7, 11) is 1.96. The van der Waals surface area contributed by atoms with Crippen LogP contribution in [-0.2, 0) is 20.1 Å². The Hall–Kier alpha value is -1.62. The zero-order valence-corrected chi connectivity index (χ0v) is 12.3. The predicted octanol–water partition coefficient (Wildman–Crippen LogP) is 1.72. The summed E-state index contributed by atoms with van der Waals surface area (Å²) in [5.41, 5.74) is 4.71. The molecule has 0 aromatic carbocycles. The van der Waals surface area contributed by atoms with Gasteiger partial charge in [0.1, 0.15) is 0 Å². The molecule has 0 radical (unpaired) electrons. The summed E-state index contributed by atoms with van der Waals surface area (Å²) in [6, 6.07) is 2.12. The van der Waals surface area contributed by atoms with Gasteiger partial charge in [0.15, 0.2) is 0 Å². The first-order valence-corrected chi connectivity index (χ1v) is 6.77. The van der Waals surface area contributed by atoms with Gasteiger partial charge in [0.25, 0.3) is 0 Å². The molecule has 2 rings (SSSR count). The van der Waals surface area contributed by atoms with E-state index < -0.39 is 0 Å². The summed E-state index contributed by atoms with van der Waals surface area (Å²) < 4.78 is 3.94. The van der Waals surface area contributed by atoms with Crippen LogP contribution in [0, 0.1) is 20.8 Å². The molecule has 5 heteroatoms. The fourth-order valence-corrected chi connectivity index (χ4v) is 2.30. The normalized spacial score (nSPS) is 11.2. The molecule has 0 saturated carbocycles. The van der Waals surface area contributed by atoms with Crippen LogP contribution < -0.4 is 5.32 Å².